The van der Waals surface area contributed by atoms with E-state index in [9.17, 15) is 60.1 Å². The summed E-state index contributed by atoms with van der Waals surface area (Å²) in [5.74, 6) is -7.90. The Labute approximate surface area is 522 Å². The van der Waals surface area contributed by atoms with Crippen LogP contribution in [0.5, 0.6) is 17.5 Å². The number of rotatable bonds is 36. The topological polar surface area (TPSA) is 317 Å². The van der Waals surface area contributed by atoms with Crippen LogP contribution in [0.4, 0.5) is 8.63 Å². The summed E-state index contributed by atoms with van der Waals surface area (Å²) in [5, 5.41) is 29.9. The highest BCUT2D eigenvalue weighted by molar-refractivity contribution is 7.86. The number of amides is 4. The first-order chi connectivity index (χ1) is 41.7. The van der Waals surface area contributed by atoms with Gasteiger partial charge in [0.15, 0.2) is 11.4 Å². The van der Waals surface area contributed by atoms with E-state index in [4.69, 9.17) is 9.57 Å². The molecule has 5 heterocycles. The van der Waals surface area contributed by atoms with Crippen LogP contribution in [-0.4, -0.2) is 225 Å². The molecule has 89 heavy (non-hydrogen) atoms. The Morgan fingerprint density at radius 1 is 0.753 bits per heavy atom. The number of allylic oxidation sites excluding steroid dienone is 2. The Kier molecular flexibility index (Phi) is 24.7. The van der Waals surface area contributed by atoms with Crippen molar-refractivity contribution in [2.24, 2.45) is 0 Å². The SMILES string of the molecule is CN(CCCCCC(=O)On1c(O)ccc1O)CCNC(=O)C(CS(=O)(=O)O)NC(=O)CNC(=O)C(CS(=O)(=O)O)NC(=O)CCCOc1ccc(C=Cc2cc(CCC[N+](C)(C)C)c3n2[B-](F)(F)[N+]2=C(c4cccs4)C=C(CCC[N+](C)(C)C)C2=C3)cc1. The molecular weight excluding hydrogens is 1220 g/mol. The number of carbonyl (C=O) groups excluding carboxylic acids is 5. The van der Waals surface area contributed by atoms with E-state index in [1.165, 1.54) is 20.3 Å². The highest BCUT2D eigenvalue weighted by Crippen LogP contribution is 2.41. The summed E-state index contributed by atoms with van der Waals surface area (Å²) < 4.78 is 112. The molecule has 2 unspecified atom stereocenters. The summed E-state index contributed by atoms with van der Waals surface area (Å²) in [6.45, 7) is -2.85. The van der Waals surface area contributed by atoms with Gasteiger partial charge in [0.25, 0.3) is 20.2 Å². The molecule has 1 aromatic carbocycles. The normalized spacial score (nSPS) is 14.8. The molecule has 0 fully saturated rings. The lowest BCUT2D eigenvalue weighted by Gasteiger charge is -2.31. The molecule has 2 aliphatic rings. The van der Waals surface area contributed by atoms with Gasteiger partial charge in [-0.25, -0.2) is 4.79 Å². The van der Waals surface area contributed by atoms with Gasteiger partial charge in [0.05, 0.1) is 73.4 Å². The lowest BCUT2D eigenvalue weighted by Crippen LogP contribution is -2.55. The first-order valence-electron chi connectivity index (χ1n) is 29.1. The van der Waals surface area contributed by atoms with Gasteiger partial charge in [0.2, 0.25) is 35.4 Å². The molecule has 0 aliphatic carbocycles. The van der Waals surface area contributed by atoms with Crippen LogP contribution in [0.15, 0.2) is 77.3 Å². The number of unbranched alkanes of at least 4 members (excludes halogenated alkanes) is 2. The molecule has 0 saturated carbocycles. The van der Waals surface area contributed by atoms with Crippen LogP contribution in [0.2, 0.25) is 0 Å². The maximum atomic E-state index is 17.5. The predicted molar refractivity (Wildman–Crippen MR) is 334 cm³/mol. The highest BCUT2D eigenvalue weighted by atomic mass is 32.2. The summed E-state index contributed by atoms with van der Waals surface area (Å²) in [6.07, 6.45) is 11.6. The highest BCUT2D eigenvalue weighted by Gasteiger charge is 2.54. The average molecular weight is 1310 g/mol. The van der Waals surface area contributed by atoms with E-state index in [-0.39, 0.29) is 39.0 Å². The predicted octanol–water partition coefficient (Wildman–Crippen LogP) is 3.36. The van der Waals surface area contributed by atoms with Gasteiger partial charge in [-0.15, -0.1) is 16.1 Å². The second kappa shape index (κ2) is 31.0. The van der Waals surface area contributed by atoms with Crippen molar-refractivity contribution in [1.82, 2.24) is 35.4 Å². The average Bonchev–Trinajstić information content (AvgIpc) is 1.67. The zero-order chi connectivity index (χ0) is 65.5. The van der Waals surface area contributed by atoms with Crippen LogP contribution in [0.3, 0.4) is 0 Å². The third kappa shape index (κ3) is 22.3. The molecule has 2 aliphatic heterocycles. The van der Waals surface area contributed by atoms with Crippen LogP contribution < -0.4 is 30.8 Å². The van der Waals surface area contributed by atoms with Crippen molar-refractivity contribution in [1.29, 1.82) is 0 Å². The van der Waals surface area contributed by atoms with Gasteiger partial charge < -0.3 is 72.5 Å². The van der Waals surface area contributed by atoms with Crippen molar-refractivity contribution in [3.8, 4) is 17.5 Å². The number of aromatic nitrogens is 2. The maximum absolute atomic E-state index is 17.5. The molecule has 488 valence electrons. The molecule has 2 atom stereocenters. The number of nitrogens with zero attached hydrogens (tertiary/aromatic N) is 6. The van der Waals surface area contributed by atoms with E-state index >= 15 is 8.63 Å². The number of fused-ring (bicyclic) bond motifs is 2. The zero-order valence-electron chi connectivity index (χ0n) is 51.2. The largest absolute Gasteiger partial charge is 0.737 e. The standard InChI is InChI=1S/C58H81BF2N10O15S3/c1-66(29-10-8-9-19-56(76)86-69-54(74)26-27-55(69)75)30-28-62-57(77)46(39-88(79,80)81)65-53(73)38-63-58(78)47(40-89(82,83)84)64-52(72)18-13-33-85-45-24-21-41(22-25-45)20-23-44-35-42(15-11-31-70(2,3)4)48-37-49-43(16-12-32-71(5,6)7)36-50(51-17-14-34-87-51)68(49)59(60,61)67(44)48/h14,17,20-27,34-37,46-47H,8-13,15-16,18-19,28-33,38-40H2,1-7H3,(H6-2,62,63,64,65,72,73,74,75,77,78,79,80,81,82,83,84)/p+2. The monoisotopic (exact) mass is 1300 g/mol. The van der Waals surface area contributed by atoms with Gasteiger partial charge in [-0.05, 0) is 92.5 Å². The van der Waals surface area contributed by atoms with Gasteiger partial charge in [0.1, 0.15) is 29.3 Å². The Morgan fingerprint density at radius 2 is 1.37 bits per heavy atom. The number of thiophene rings is 1. The number of nitrogens with one attached hydrogen (secondary N) is 4. The Hall–Kier alpha value is -7.26. The number of likely N-dealkylation sites (N-methyl/N-ethyl adjacent to an activating group) is 1. The number of carbonyl (C=O) groups is 5. The second-order valence-corrected chi connectivity index (χ2v) is 28.1. The van der Waals surface area contributed by atoms with E-state index in [0.717, 1.165) is 63.0 Å². The molecule has 0 saturated heterocycles. The number of aromatic hydroxyl groups is 2. The van der Waals surface area contributed by atoms with Crippen LogP contribution in [-0.2, 0) is 50.6 Å². The quantitative estimate of drug-likeness (QED) is 0.0140. The molecule has 31 heteroatoms. The summed E-state index contributed by atoms with van der Waals surface area (Å²) >= 11 is 1.42. The summed E-state index contributed by atoms with van der Waals surface area (Å²) in [7, 11) is 4.65. The van der Waals surface area contributed by atoms with Crippen molar-refractivity contribution >= 4 is 92.1 Å². The maximum Gasteiger partial charge on any atom is 0.737 e. The van der Waals surface area contributed by atoms with Crippen LogP contribution >= 0.6 is 11.3 Å². The minimum atomic E-state index is -4.89. The van der Waals surface area contributed by atoms with Crippen LogP contribution in [0, 0.1) is 0 Å². The summed E-state index contributed by atoms with van der Waals surface area (Å²) in [4.78, 5) is 71.5. The van der Waals surface area contributed by atoms with Gasteiger partial charge >= 0.3 is 12.9 Å². The van der Waals surface area contributed by atoms with Gasteiger partial charge in [-0.2, -0.15) is 16.8 Å². The fourth-order valence-corrected chi connectivity index (χ4v) is 12.1. The van der Waals surface area contributed by atoms with E-state index in [2.05, 4.69) is 63.6 Å². The van der Waals surface area contributed by atoms with Crippen molar-refractivity contribution in [2.45, 2.75) is 76.3 Å². The third-order valence-electron chi connectivity index (χ3n) is 14.4. The third-order valence-corrected chi connectivity index (χ3v) is 16.8. The Balaban J connectivity index is 0.985. The van der Waals surface area contributed by atoms with E-state index in [1.54, 1.807) is 43.5 Å². The molecular formula is C58H83BF2N10O15S3+2. The molecule has 4 aromatic rings. The van der Waals surface area contributed by atoms with Crippen molar-refractivity contribution in [3.63, 3.8) is 0 Å². The molecule has 6 rings (SSSR count). The second-order valence-electron chi connectivity index (χ2n) is 24.1. The first-order valence-corrected chi connectivity index (χ1v) is 33.2. The number of quaternary nitrogens is 2. The number of benzene rings is 1. The smallest absolute Gasteiger partial charge is 0.494 e. The lowest BCUT2D eigenvalue weighted by atomic mass is 9.88. The number of hydrogen-bond acceptors (Lipinski definition) is 15. The minimum Gasteiger partial charge on any atom is -0.494 e. The van der Waals surface area contributed by atoms with E-state index in [1.807, 2.05) is 40.6 Å². The zero-order valence-corrected chi connectivity index (χ0v) is 53.6. The first kappa shape index (κ1) is 70.8. The Morgan fingerprint density at radius 3 is 1.98 bits per heavy atom. The lowest BCUT2D eigenvalue weighted by molar-refractivity contribution is -0.870. The van der Waals surface area contributed by atoms with Crippen molar-refractivity contribution < 1.29 is 91.8 Å². The number of aryl methyl sites for hydroxylation is 1. The van der Waals surface area contributed by atoms with Crippen molar-refractivity contribution in [2.75, 3.05) is 107 Å². The number of ether oxygens (including phenoxy) is 1. The molecule has 0 radical (unpaired) electrons. The fraction of sp³-hybridized carbons (Fsp3) is 0.483. The van der Waals surface area contributed by atoms with Gasteiger partial charge in [-0.1, -0.05) is 30.7 Å². The summed E-state index contributed by atoms with van der Waals surface area (Å²) in [5.41, 5.74) is 4.31. The molecule has 8 N–H and O–H groups in total. The van der Waals surface area contributed by atoms with E-state index in [0.29, 0.717) is 77.5 Å². The van der Waals surface area contributed by atoms with E-state index < -0.39 is 98.7 Å². The van der Waals surface area contributed by atoms with Crippen LogP contribution in [0.1, 0.15) is 85.2 Å². The molecule has 0 spiro atoms. The van der Waals surface area contributed by atoms with Gasteiger partial charge in [-0.3, -0.25) is 28.3 Å². The molecule has 4 amide bonds. The Bertz CT molecular complexity index is 3500. The fourth-order valence-electron chi connectivity index (χ4n) is 10.0. The summed E-state index contributed by atoms with van der Waals surface area (Å²) in [6, 6.07) is 11.0. The number of halogens is 2. The minimum absolute atomic E-state index is 0.00395. The van der Waals surface area contributed by atoms with Gasteiger partial charge in [0, 0.05) is 80.0 Å². The van der Waals surface area contributed by atoms with Crippen LogP contribution in [0.25, 0.3) is 18.2 Å². The molecule has 3 aromatic heterocycles. The molecule has 25 nitrogen and oxygen atoms in total. The molecule has 0 bridgehead atoms. The number of hydrogen-bond donors (Lipinski definition) is 8. The van der Waals surface area contributed by atoms with Crippen molar-refractivity contribution in [3.05, 3.63) is 105 Å².